The van der Waals surface area contributed by atoms with Gasteiger partial charge in [0.15, 0.2) is 5.75 Å². The molecule has 3 aromatic rings. The number of phenols is 1. The first-order valence-corrected chi connectivity index (χ1v) is 9.89. The fourth-order valence-electron chi connectivity index (χ4n) is 3.61. The molecule has 1 aromatic heterocycles. The van der Waals surface area contributed by atoms with E-state index in [9.17, 15) is 5.11 Å². The van der Waals surface area contributed by atoms with Gasteiger partial charge in [-0.15, -0.1) is 11.8 Å². The van der Waals surface area contributed by atoms with Crippen LogP contribution in [0.2, 0.25) is 0 Å². The van der Waals surface area contributed by atoms with E-state index in [-0.39, 0.29) is 0 Å². The number of hydrogen-bond acceptors (Lipinski definition) is 3. The standard InChI is InChI=1S/C21H22N2OS/c24-21-16(14-23-11-4-5-12-23)13-17(19-9-6-10-22-20(19)21)15-25-18-7-2-1-3-8-18/h1-3,6-10,13,24H,4-5,11-12,14-15H2/p+1. The van der Waals surface area contributed by atoms with Crippen molar-refractivity contribution in [1.29, 1.82) is 0 Å². The molecule has 0 aliphatic carbocycles. The van der Waals surface area contributed by atoms with Crippen molar-refractivity contribution in [2.24, 2.45) is 0 Å². The number of likely N-dealkylation sites (tertiary alicyclic amines) is 1. The summed E-state index contributed by atoms with van der Waals surface area (Å²) in [6, 6.07) is 16.7. The Morgan fingerprint density at radius 3 is 2.60 bits per heavy atom. The third-order valence-electron chi connectivity index (χ3n) is 4.92. The van der Waals surface area contributed by atoms with Crippen LogP contribution in [0.3, 0.4) is 0 Å². The molecule has 0 spiro atoms. The predicted molar refractivity (Wildman–Crippen MR) is 103 cm³/mol. The number of pyridine rings is 1. The summed E-state index contributed by atoms with van der Waals surface area (Å²) in [6.07, 6.45) is 4.35. The summed E-state index contributed by atoms with van der Waals surface area (Å²) in [4.78, 5) is 7.29. The van der Waals surface area contributed by atoms with Gasteiger partial charge in [-0.05, 0) is 29.8 Å². The lowest BCUT2D eigenvalue weighted by Crippen LogP contribution is -3.08. The molecule has 1 fully saturated rings. The highest BCUT2D eigenvalue weighted by Crippen LogP contribution is 2.33. The van der Waals surface area contributed by atoms with Crippen molar-refractivity contribution in [3.8, 4) is 5.75 Å². The zero-order valence-electron chi connectivity index (χ0n) is 14.2. The van der Waals surface area contributed by atoms with Crippen LogP contribution in [0.25, 0.3) is 10.9 Å². The first kappa shape index (κ1) is 16.4. The summed E-state index contributed by atoms with van der Waals surface area (Å²) >= 11 is 1.83. The Labute approximate surface area is 152 Å². The van der Waals surface area contributed by atoms with Crippen LogP contribution < -0.4 is 4.90 Å². The number of hydrogen-bond donors (Lipinski definition) is 2. The first-order valence-electron chi connectivity index (χ1n) is 8.91. The number of thioether (sulfide) groups is 1. The lowest BCUT2D eigenvalue weighted by molar-refractivity contribution is -0.901. The molecule has 2 N–H and O–H groups in total. The summed E-state index contributed by atoms with van der Waals surface area (Å²) < 4.78 is 0. The van der Waals surface area contributed by atoms with Gasteiger partial charge in [0.25, 0.3) is 0 Å². The van der Waals surface area contributed by atoms with Gasteiger partial charge in [-0.2, -0.15) is 0 Å². The van der Waals surface area contributed by atoms with Gasteiger partial charge in [0.1, 0.15) is 12.1 Å². The molecule has 3 nitrogen and oxygen atoms in total. The van der Waals surface area contributed by atoms with Gasteiger partial charge >= 0.3 is 0 Å². The minimum atomic E-state index is 0.364. The molecule has 128 valence electrons. The quantitative estimate of drug-likeness (QED) is 0.692. The highest BCUT2D eigenvalue weighted by Gasteiger charge is 2.20. The molecule has 0 amide bonds. The number of aromatic hydroxyl groups is 1. The Balaban J connectivity index is 1.67. The van der Waals surface area contributed by atoms with Crippen LogP contribution in [0.15, 0.2) is 59.6 Å². The Bertz CT molecular complexity index is 860. The summed E-state index contributed by atoms with van der Waals surface area (Å²) in [5, 5.41) is 11.8. The van der Waals surface area contributed by atoms with E-state index in [2.05, 4.69) is 41.4 Å². The molecule has 2 aromatic carbocycles. The predicted octanol–water partition coefficient (Wildman–Crippen LogP) is 3.41. The van der Waals surface area contributed by atoms with E-state index >= 15 is 0 Å². The normalized spacial score (nSPS) is 15.0. The van der Waals surface area contributed by atoms with Crippen molar-refractivity contribution in [2.45, 2.75) is 30.0 Å². The number of nitrogens with zero attached hydrogens (tertiary/aromatic N) is 1. The summed E-state index contributed by atoms with van der Waals surface area (Å²) in [6.45, 7) is 3.29. The average molecular weight is 351 g/mol. The van der Waals surface area contributed by atoms with Crippen molar-refractivity contribution >= 4 is 22.7 Å². The molecule has 0 atom stereocenters. The number of benzene rings is 2. The van der Waals surface area contributed by atoms with E-state index in [0.717, 1.165) is 28.8 Å². The molecule has 1 aliphatic rings. The Morgan fingerprint density at radius 1 is 1.00 bits per heavy atom. The first-order chi connectivity index (χ1) is 12.3. The summed E-state index contributed by atoms with van der Waals surface area (Å²) in [5.74, 6) is 1.25. The number of phenolic OH excluding ortho intramolecular Hbond substituents is 1. The molecule has 0 saturated carbocycles. The van der Waals surface area contributed by atoms with Crippen LogP contribution in [0.1, 0.15) is 24.0 Å². The van der Waals surface area contributed by atoms with E-state index in [1.165, 1.54) is 36.4 Å². The van der Waals surface area contributed by atoms with E-state index in [4.69, 9.17) is 0 Å². The zero-order chi connectivity index (χ0) is 17.1. The van der Waals surface area contributed by atoms with Gasteiger partial charge < -0.3 is 10.0 Å². The van der Waals surface area contributed by atoms with E-state index in [1.807, 2.05) is 23.9 Å². The van der Waals surface area contributed by atoms with Gasteiger partial charge in [-0.3, -0.25) is 4.98 Å². The van der Waals surface area contributed by atoms with Crippen LogP contribution in [0.5, 0.6) is 5.75 Å². The second-order valence-electron chi connectivity index (χ2n) is 6.68. The van der Waals surface area contributed by atoms with E-state index < -0.39 is 0 Å². The van der Waals surface area contributed by atoms with Gasteiger partial charge in [0, 0.05) is 35.1 Å². The molecule has 25 heavy (non-hydrogen) atoms. The van der Waals surface area contributed by atoms with Crippen LogP contribution in [0.4, 0.5) is 0 Å². The van der Waals surface area contributed by atoms with Crippen LogP contribution in [0, 0.1) is 0 Å². The monoisotopic (exact) mass is 351 g/mol. The number of fused-ring (bicyclic) bond motifs is 1. The number of quaternary nitrogens is 1. The van der Waals surface area contributed by atoms with Crippen LogP contribution >= 0.6 is 11.8 Å². The van der Waals surface area contributed by atoms with Crippen molar-refractivity contribution in [3.05, 3.63) is 65.9 Å². The molecule has 4 heteroatoms. The summed E-state index contributed by atoms with van der Waals surface area (Å²) in [7, 11) is 0. The molecule has 0 radical (unpaired) electrons. The van der Waals surface area contributed by atoms with E-state index in [1.54, 1.807) is 11.1 Å². The molecular weight excluding hydrogens is 328 g/mol. The number of rotatable bonds is 5. The smallest absolute Gasteiger partial charge is 0.150 e. The molecule has 1 saturated heterocycles. The molecule has 0 bridgehead atoms. The fourth-order valence-corrected chi connectivity index (χ4v) is 4.53. The average Bonchev–Trinajstić information content (AvgIpc) is 3.17. The second-order valence-corrected chi connectivity index (χ2v) is 7.73. The highest BCUT2D eigenvalue weighted by atomic mass is 32.2. The highest BCUT2D eigenvalue weighted by molar-refractivity contribution is 7.98. The zero-order valence-corrected chi connectivity index (χ0v) is 15.1. The lowest BCUT2D eigenvalue weighted by Gasteiger charge is -2.16. The van der Waals surface area contributed by atoms with Crippen molar-refractivity contribution in [1.82, 2.24) is 4.98 Å². The van der Waals surface area contributed by atoms with Crippen molar-refractivity contribution < 1.29 is 10.0 Å². The fraction of sp³-hybridized carbons (Fsp3) is 0.286. The largest absolute Gasteiger partial charge is 0.505 e. The maximum atomic E-state index is 10.7. The molecular formula is C21H23N2OS+. The number of aromatic nitrogens is 1. The van der Waals surface area contributed by atoms with Gasteiger partial charge in [-0.1, -0.05) is 24.3 Å². The summed E-state index contributed by atoms with van der Waals surface area (Å²) in [5.41, 5.74) is 3.03. The number of nitrogens with one attached hydrogen (secondary N) is 1. The topological polar surface area (TPSA) is 37.6 Å². The molecule has 1 aliphatic heterocycles. The third-order valence-corrected chi connectivity index (χ3v) is 5.98. The molecule has 4 rings (SSSR count). The Morgan fingerprint density at radius 2 is 1.80 bits per heavy atom. The SMILES string of the molecule is Oc1c(C[NH+]2CCCC2)cc(CSc2ccccc2)c2cccnc12. The van der Waals surface area contributed by atoms with Crippen LogP contribution in [-0.4, -0.2) is 23.2 Å². The van der Waals surface area contributed by atoms with Crippen molar-refractivity contribution in [2.75, 3.05) is 13.1 Å². The minimum Gasteiger partial charge on any atom is -0.505 e. The third kappa shape index (κ3) is 3.65. The Kier molecular flexibility index (Phi) is 4.90. The maximum absolute atomic E-state index is 10.7. The van der Waals surface area contributed by atoms with E-state index in [0.29, 0.717) is 5.75 Å². The Hall–Kier alpha value is -2.04. The lowest BCUT2D eigenvalue weighted by atomic mass is 10.0. The van der Waals surface area contributed by atoms with Gasteiger partial charge in [0.05, 0.1) is 18.7 Å². The minimum absolute atomic E-state index is 0.364. The second kappa shape index (κ2) is 7.46. The van der Waals surface area contributed by atoms with Gasteiger partial charge in [-0.25, -0.2) is 0 Å². The van der Waals surface area contributed by atoms with Gasteiger partial charge in [0.2, 0.25) is 0 Å². The van der Waals surface area contributed by atoms with Crippen molar-refractivity contribution in [3.63, 3.8) is 0 Å². The maximum Gasteiger partial charge on any atom is 0.150 e. The molecule has 0 unspecified atom stereocenters. The molecule has 2 heterocycles. The van der Waals surface area contributed by atoms with Crippen LogP contribution in [-0.2, 0) is 12.3 Å².